The van der Waals surface area contributed by atoms with Gasteiger partial charge in [-0.2, -0.15) is 4.89 Å². The van der Waals surface area contributed by atoms with Crippen LogP contribution in [0, 0.1) is 0 Å². The Kier molecular flexibility index (Phi) is 19.3. The highest BCUT2D eigenvalue weighted by molar-refractivity contribution is 5.20. The Morgan fingerprint density at radius 2 is 0.521 bits per heavy atom. The van der Waals surface area contributed by atoms with Crippen LogP contribution in [-0.4, -0.2) is 311 Å². The van der Waals surface area contributed by atoms with Crippen molar-refractivity contribution in [3.8, 4) is 5.75 Å². The molecule has 0 radical (unpaired) electrons. The van der Waals surface area contributed by atoms with Crippen LogP contribution in [0.15, 0.2) is 30.3 Å². The summed E-state index contributed by atoms with van der Waals surface area (Å²) < 4.78 is 69.4. The van der Waals surface area contributed by atoms with Gasteiger partial charge in [0, 0.05) is 0 Å². The maximum atomic E-state index is 11.8. The molecule has 22 saturated heterocycles. The van der Waals surface area contributed by atoms with Gasteiger partial charge in [-0.3, -0.25) is 0 Å². The van der Waals surface area contributed by atoms with Crippen molar-refractivity contribution in [2.24, 2.45) is 0 Å². The van der Waals surface area contributed by atoms with Crippen molar-refractivity contribution >= 4 is 0 Å². The molecule has 30 atom stereocenters. The summed E-state index contributed by atoms with van der Waals surface area (Å²) >= 11 is 0. The maximum absolute atomic E-state index is 11.8. The minimum Gasteiger partial charge on any atom is -0.394 e. The van der Waals surface area contributed by atoms with E-state index in [1.54, 1.807) is 18.2 Å². The molecule has 31 nitrogen and oxygen atoms in total. The molecule has 0 amide bonds. The Balaban J connectivity index is 1.12. The average molecular weight is 1060 g/mol. The van der Waals surface area contributed by atoms with Crippen LogP contribution in [0.1, 0.15) is 0 Å². The highest BCUT2D eigenvalue weighted by atomic mass is 17.2. The zero-order chi connectivity index (χ0) is 52.6. The minimum absolute atomic E-state index is 0.0647. The Bertz CT molecular complexity index is 1830. The molecule has 12 bridgehead atoms. The number of aliphatic hydroxyl groups excluding tert-OH is 17. The van der Waals surface area contributed by atoms with Crippen molar-refractivity contribution < 1.29 is 153 Å². The SMILES string of the molecule is OC[C@H]1O[C@@H]2O[C@H]3[C@H](O)[C@@H](O)[C@@H](O[C@H]4[C@H](O)[C@@H](O)[C@@H](O[C@H]5[C@H](O)[C@@H](O)[C@@H](O[C@H]6[C@H](O)[C@@H](O)[C@@H](O[C@H]7[C@H](O)[C@@H](O)[C@@H](O[C@@H]1[C@H](OOc1ccccc1)[C@H]2O)O[C@@H]7CO)O[C@@H]6CO)O[C@@H]5CO)O[C@@H]4CO)O[C@@H]3CO. The molecule has 22 heterocycles. The fourth-order valence-electron chi connectivity index (χ4n) is 9.61. The van der Waals surface area contributed by atoms with Gasteiger partial charge in [0.15, 0.2) is 49.6 Å². The molecule has 73 heavy (non-hydrogen) atoms. The molecule has 31 heteroatoms. The zero-order valence-corrected chi connectivity index (χ0v) is 38.3. The van der Waals surface area contributed by atoms with Gasteiger partial charge in [0.05, 0.1) is 39.6 Å². The van der Waals surface area contributed by atoms with Crippen molar-refractivity contribution in [3.05, 3.63) is 30.3 Å². The third-order valence-corrected chi connectivity index (χ3v) is 13.6. The van der Waals surface area contributed by atoms with Gasteiger partial charge in [-0.25, -0.2) is 0 Å². The predicted molar refractivity (Wildman–Crippen MR) is 222 cm³/mol. The van der Waals surface area contributed by atoms with Crippen LogP contribution in [-0.2, 0) is 61.7 Å². The van der Waals surface area contributed by atoms with Crippen LogP contribution in [0.3, 0.4) is 0 Å². The molecule has 0 aromatic heterocycles. The second-order valence-electron chi connectivity index (χ2n) is 18.3. The Morgan fingerprint density at radius 1 is 0.288 bits per heavy atom. The molecule has 22 fully saturated rings. The van der Waals surface area contributed by atoms with Gasteiger partial charge in [-0.15, -0.1) is 0 Å². The molecule has 1 aromatic rings. The first-order valence-electron chi connectivity index (χ1n) is 23.4. The molecule has 0 spiro atoms. The lowest BCUT2D eigenvalue weighted by molar-refractivity contribution is -0.416. The fourth-order valence-corrected chi connectivity index (χ4v) is 9.61. The molecule has 22 aliphatic heterocycles. The van der Waals surface area contributed by atoms with Gasteiger partial charge in [0.1, 0.15) is 140 Å². The quantitative estimate of drug-likeness (QED) is 0.0806. The summed E-state index contributed by atoms with van der Waals surface area (Å²) in [5, 5.41) is 188. The van der Waals surface area contributed by atoms with E-state index in [1.165, 1.54) is 12.1 Å². The van der Waals surface area contributed by atoms with Crippen molar-refractivity contribution in [3.63, 3.8) is 0 Å². The van der Waals surface area contributed by atoms with E-state index >= 15 is 0 Å². The second kappa shape index (κ2) is 24.7. The molecule has 17 N–H and O–H groups in total. The van der Waals surface area contributed by atoms with Gasteiger partial charge in [0.25, 0.3) is 0 Å². The van der Waals surface area contributed by atoms with E-state index in [2.05, 4.69) is 0 Å². The number of benzene rings is 1. The van der Waals surface area contributed by atoms with Crippen molar-refractivity contribution in [1.29, 1.82) is 0 Å². The highest BCUT2D eigenvalue weighted by Gasteiger charge is 2.59. The first kappa shape index (κ1) is 57.0. The number of ether oxygens (including phenoxy) is 12. The summed E-state index contributed by atoms with van der Waals surface area (Å²) in [6.45, 7) is -6.01. The molecular formula is C42H64O31. The normalized spacial score (nSPS) is 51.1. The lowest BCUT2D eigenvalue weighted by Gasteiger charge is -2.50. The second-order valence-corrected chi connectivity index (χ2v) is 18.3. The summed E-state index contributed by atoms with van der Waals surface area (Å²) in [6.07, 6.45) is -58.4. The van der Waals surface area contributed by atoms with E-state index in [1.807, 2.05) is 0 Å². The molecule has 1 aromatic carbocycles. The monoisotopic (exact) mass is 1060 g/mol. The molecule has 23 rings (SSSR count). The van der Waals surface area contributed by atoms with Crippen LogP contribution in [0.5, 0.6) is 5.75 Å². The van der Waals surface area contributed by atoms with E-state index in [9.17, 15) is 86.8 Å². The lowest BCUT2D eigenvalue weighted by Crippen LogP contribution is -2.69. The van der Waals surface area contributed by atoms with Crippen molar-refractivity contribution in [1.82, 2.24) is 0 Å². The van der Waals surface area contributed by atoms with Crippen LogP contribution in [0.2, 0.25) is 0 Å². The molecule has 0 unspecified atom stereocenters. The third kappa shape index (κ3) is 11.5. The molecule has 0 aliphatic carbocycles. The number of hydrogen-bond acceptors (Lipinski definition) is 31. The summed E-state index contributed by atoms with van der Waals surface area (Å²) in [5.41, 5.74) is 0. The molecular weight excluding hydrogens is 1000 g/mol. The lowest BCUT2D eigenvalue weighted by atomic mass is 9.94. The minimum atomic E-state index is -2.16. The van der Waals surface area contributed by atoms with Crippen molar-refractivity contribution in [2.75, 3.05) is 39.6 Å². The van der Waals surface area contributed by atoms with E-state index in [-0.39, 0.29) is 5.75 Å². The summed E-state index contributed by atoms with van der Waals surface area (Å²) in [5.74, 6) is 0.0647. The maximum Gasteiger partial charge on any atom is 0.187 e. The van der Waals surface area contributed by atoms with Gasteiger partial charge < -0.3 is 149 Å². The average Bonchev–Trinajstić information content (AvgIpc) is 3.39. The van der Waals surface area contributed by atoms with Gasteiger partial charge in [-0.05, 0) is 12.1 Å². The van der Waals surface area contributed by atoms with Gasteiger partial charge >= 0.3 is 0 Å². The third-order valence-electron chi connectivity index (χ3n) is 13.6. The summed E-state index contributed by atoms with van der Waals surface area (Å²) in [4.78, 5) is 11.1. The number of rotatable bonds is 9. The van der Waals surface area contributed by atoms with Gasteiger partial charge in [-0.1, -0.05) is 18.2 Å². The molecule has 0 saturated carbocycles. The van der Waals surface area contributed by atoms with Crippen LogP contribution in [0.4, 0.5) is 0 Å². The predicted octanol–water partition coefficient (Wildman–Crippen LogP) is -11.0. The number of para-hydroxylation sites is 1. The number of hydrogen-bond donors (Lipinski definition) is 17. The Hall–Kier alpha value is -2.18. The topological polar surface area (TPSA) is 473 Å². The van der Waals surface area contributed by atoms with Gasteiger partial charge in [0.2, 0.25) is 0 Å². The number of aliphatic hydroxyl groups is 17. The fraction of sp³-hybridized carbons (Fsp3) is 0.857. The largest absolute Gasteiger partial charge is 0.394 e. The highest BCUT2D eigenvalue weighted by Crippen LogP contribution is 2.38. The van der Waals surface area contributed by atoms with E-state index < -0.39 is 224 Å². The first-order chi connectivity index (χ1) is 35.0. The Labute approximate surface area is 413 Å². The smallest absolute Gasteiger partial charge is 0.187 e. The molecule has 418 valence electrons. The summed E-state index contributed by atoms with van der Waals surface area (Å²) in [7, 11) is 0. The van der Waals surface area contributed by atoms with Crippen molar-refractivity contribution in [2.45, 2.75) is 184 Å². The molecule has 22 aliphatic rings. The standard InChI is InChI=1S/C42H64O31/c43-6-13-30-19(49)24(54)37(60-13)67-31-14(7-44)62-39(26(56)21(31)51)69-33-16(9-46)64-41(28(58)23(33)53)71-35-18(11-48)65-42(29(59)36(35)73-72-12-4-2-1-3-5-12)70-34-17(10-47)63-40(27(57)22(34)52)68-32-15(8-45)61-38(66-30)25(55)20(32)50/h1-5,13-59H,6-11H2/t13-,14-,15-,16-,17-,18-,19-,20-,21-,22-,23-,24-,25-,26-,27-,28-,29-,30-,31-,32-,33-,34-,35+,36-,37-,38-,39-,40-,41-,42-/m1/s1. The van der Waals surface area contributed by atoms with Crippen LogP contribution >= 0.6 is 0 Å². The Morgan fingerprint density at radius 3 is 0.781 bits per heavy atom. The zero-order valence-electron chi connectivity index (χ0n) is 38.3. The van der Waals surface area contributed by atoms with Crippen LogP contribution < -0.4 is 4.89 Å². The first-order valence-corrected chi connectivity index (χ1v) is 23.4. The van der Waals surface area contributed by atoms with Crippen LogP contribution in [0.25, 0.3) is 0 Å². The van der Waals surface area contributed by atoms with E-state index in [0.29, 0.717) is 0 Å². The van der Waals surface area contributed by atoms with E-state index in [0.717, 1.165) is 0 Å². The van der Waals surface area contributed by atoms with E-state index in [4.69, 9.17) is 66.6 Å². The summed E-state index contributed by atoms with van der Waals surface area (Å²) in [6, 6.07) is 7.67.